The lowest BCUT2D eigenvalue weighted by Crippen LogP contribution is -2.39. The molecule has 1 aliphatic rings. The first-order chi connectivity index (χ1) is 8.57. The van der Waals surface area contributed by atoms with Crippen LogP contribution < -0.4 is 10.7 Å². The van der Waals surface area contributed by atoms with E-state index in [2.05, 4.69) is 24.4 Å². The number of urea groups is 1. The summed E-state index contributed by atoms with van der Waals surface area (Å²) in [6.07, 6.45) is -0.973. The second kappa shape index (κ2) is 5.63. The number of hydrogen-bond acceptors (Lipinski definition) is 2. The highest BCUT2D eigenvalue weighted by Gasteiger charge is 2.28. The number of carbonyl (C=O) groups excluding carboxylic acids is 1. The Morgan fingerprint density at radius 1 is 1.42 bits per heavy atom. The third kappa shape index (κ3) is 6.26. The van der Waals surface area contributed by atoms with Crippen molar-refractivity contribution < 1.29 is 18.0 Å². The lowest BCUT2D eigenvalue weighted by atomic mass is 9.77. The minimum atomic E-state index is -4.42. The molecule has 108 valence electrons. The van der Waals surface area contributed by atoms with E-state index in [1.807, 2.05) is 13.0 Å². The summed E-state index contributed by atoms with van der Waals surface area (Å²) in [5.74, 6) is 0. The van der Waals surface area contributed by atoms with Crippen LogP contribution in [-0.2, 0) is 0 Å². The minimum absolute atomic E-state index is 0.0434. The van der Waals surface area contributed by atoms with Gasteiger partial charge in [-0.25, -0.2) is 10.2 Å². The van der Waals surface area contributed by atoms with Crippen LogP contribution in [0.5, 0.6) is 0 Å². The van der Waals surface area contributed by atoms with Gasteiger partial charge in [0.15, 0.2) is 0 Å². The maximum Gasteiger partial charge on any atom is 0.405 e. The van der Waals surface area contributed by atoms with Crippen molar-refractivity contribution in [2.24, 2.45) is 10.5 Å². The summed E-state index contributed by atoms with van der Waals surface area (Å²) >= 11 is 0. The first kappa shape index (κ1) is 15.5. The van der Waals surface area contributed by atoms with Crippen LogP contribution in [0.25, 0.3) is 0 Å². The zero-order chi connectivity index (χ0) is 14.7. The summed E-state index contributed by atoms with van der Waals surface area (Å²) in [5.41, 5.74) is 3.91. The van der Waals surface area contributed by atoms with Gasteiger partial charge in [0.2, 0.25) is 0 Å². The summed E-state index contributed by atoms with van der Waals surface area (Å²) in [6, 6.07) is -0.959. The highest BCUT2D eigenvalue weighted by molar-refractivity contribution is 5.97. The zero-order valence-electron chi connectivity index (χ0n) is 11.2. The highest BCUT2D eigenvalue weighted by atomic mass is 19.4. The van der Waals surface area contributed by atoms with Gasteiger partial charge in [-0.05, 0) is 31.3 Å². The van der Waals surface area contributed by atoms with Gasteiger partial charge in [-0.15, -0.1) is 0 Å². The van der Waals surface area contributed by atoms with Gasteiger partial charge >= 0.3 is 12.2 Å². The van der Waals surface area contributed by atoms with Gasteiger partial charge in [0.05, 0.1) is 5.71 Å². The van der Waals surface area contributed by atoms with Crippen molar-refractivity contribution in [1.82, 2.24) is 10.7 Å². The van der Waals surface area contributed by atoms with Crippen molar-refractivity contribution in [3.8, 4) is 0 Å². The molecule has 0 saturated carbocycles. The predicted octanol–water partition coefficient (Wildman–Crippen LogP) is 2.97. The van der Waals surface area contributed by atoms with E-state index >= 15 is 0 Å². The molecule has 4 nitrogen and oxygen atoms in total. The van der Waals surface area contributed by atoms with Crippen LogP contribution in [0, 0.1) is 5.41 Å². The number of carbonyl (C=O) groups is 1. The fourth-order valence-corrected chi connectivity index (χ4v) is 2.11. The second-order valence-electron chi connectivity index (χ2n) is 5.52. The monoisotopic (exact) mass is 277 g/mol. The molecule has 0 spiro atoms. The molecule has 7 heteroatoms. The van der Waals surface area contributed by atoms with E-state index in [1.165, 1.54) is 0 Å². The molecule has 0 unspecified atom stereocenters. The Labute approximate surface area is 110 Å². The van der Waals surface area contributed by atoms with Crippen LogP contribution in [0.4, 0.5) is 18.0 Å². The van der Waals surface area contributed by atoms with Gasteiger partial charge < -0.3 is 5.32 Å². The maximum atomic E-state index is 11.9. The van der Waals surface area contributed by atoms with Crippen LogP contribution in [0.1, 0.15) is 33.6 Å². The SMILES string of the molecule is CC1=CC(=NNC(=O)NCC(F)(F)F)CC(C)(C)C1. The molecule has 0 aromatic heterocycles. The van der Waals surface area contributed by atoms with Crippen LogP contribution >= 0.6 is 0 Å². The van der Waals surface area contributed by atoms with E-state index < -0.39 is 18.8 Å². The Kier molecular flexibility index (Phi) is 4.60. The van der Waals surface area contributed by atoms with Crippen molar-refractivity contribution in [2.75, 3.05) is 6.54 Å². The average molecular weight is 277 g/mol. The molecule has 0 fully saturated rings. The van der Waals surface area contributed by atoms with Gasteiger partial charge in [-0.3, -0.25) is 0 Å². The van der Waals surface area contributed by atoms with E-state index in [0.717, 1.165) is 12.0 Å². The number of halogens is 3. The molecule has 0 radical (unpaired) electrons. The highest BCUT2D eigenvalue weighted by Crippen LogP contribution is 2.33. The smallest absolute Gasteiger partial charge is 0.328 e. The molecule has 0 aliphatic heterocycles. The van der Waals surface area contributed by atoms with E-state index in [4.69, 9.17) is 0 Å². The number of hydrazone groups is 1. The summed E-state index contributed by atoms with van der Waals surface area (Å²) in [5, 5.41) is 5.53. The van der Waals surface area contributed by atoms with Gasteiger partial charge in [-0.1, -0.05) is 19.4 Å². The normalized spacial score (nSPS) is 20.9. The van der Waals surface area contributed by atoms with E-state index in [0.29, 0.717) is 12.1 Å². The third-order valence-corrected chi connectivity index (χ3v) is 2.58. The lowest BCUT2D eigenvalue weighted by molar-refractivity contribution is -0.122. The predicted molar refractivity (Wildman–Crippen MR) is 66.8 cm³/mol. The van der Waals surface area contributed by atoms with Crippen molar-refractivity contribution in [2.45, 2.75) is 39.8 Å². The summed E-state index contributed by atoms with van der Waals surface area (Å²) in [6.45, 7) is 4.73. The van der Waals surface area contributed by atoms with Gasteiger partial charge in [-0.2, -0.15) is 18.3 Å². The van der Waals surface area contributed by atoms with Crippen molar-refractivity contribution >= 4 is 11.7 Å². The summed E-state index contributed by atoms with van der Waals surface area (Å²) < 4.78 is 35.6. The molecule has 0 aromatic carbocycles. The summed E-state index contributed by atoms with van der Waals surface area (Å²) in [4.78, 5) is 11.1. The average Bonchev–Trinajstić information content (AvgIpc) is 2.19. The fraction of sp³-hybridized carbons (Fsp3) is 0.667. The Morgan fingerprint density at radius 3 is 2.58 bits per heavy atom. The largest absolute Gasteiger partial charge is 0.405 e. The first-order valence-electron chi connectivity index (χ1n) is 5.92. The standard InChI is InChI=1S/C12H18F3N3O/c1-8-4-9(6-11(2,3)5-8)17-18-10(19)16-7-12(13,14)15/h4H,5-7H2,1-3H3,(H2,16,18,19). The molecule has 1 rings (SSSR count). The molecule has 2 N–H and O–H groups in total. The number of rotatable bonds is 2. The number of nitrogens with one attached hydrogen (secondary N) is 2. The van der Waals surface area contributed by atoms with E-state index in [1.54, 1.807) is 5.32 Å². The van der Waals surface area contributed by atoms with Gasteiger partial charge in [0.1, 0.15) is 6.54 Å². The molecule has 0 bridgehead atoms. The van der Waals surface area contributed by atoms with Crippen molar-refractivity contribution in [1.29, 1.82) is 0 Å². The van der Waals surface area contributed by atoms with Crippen LogP contribution in [0.15, 0.2) is 16.8 Å². The van der Waals surface area contributed by atoms with Crippen LogP contribution in [-0.4, -0.2) is 24.5 Å². The molecule has 1 aliphatic carbocycles. The van der Waals surface area contributed by atoms with E-state index in [-0.39, 0.29) is 5.41 Å². The number of allylic oxidation sites excluding steroid dienone is 2. The molecular formula is C12H18F3N3O. The van der Waals surface area contributed by atoms with Gasteiger partial charge in [0.25, 0.3) is 0 Å². The molecule has 0 heterocycles. The summed E-state index contributed by atoms with van der Waals surface area (Å²) in [7, 11) is 0. The van der Waals surface area contributed by atoms with Crippen molar-refractivity contribution in [3.05, 3.63) is 11.6 Å². The van der Waals surface area contributed by atoms with Crippen LogP contribution in [0.2, 0.25) is 0 Å². The molecule has 2 amide bonds. The van der Waals surface area contributed by atoms with E-state index in [9.17, 15) is 18.0 Å². The molecule has 0 saturated heterocycles. The first-order valence-corrected chi connectivity index (χ1v) is 5.92. The number of alkyl halides is 3. The Balaban J connectivity index is 2.52. The molecular weight excluding hydrogens is 259 g/mol. The fourth-order valence-electron chi connectivity index (χ4n) is 2.11. The quantitative estimate of drug-likeness (QED) is 0.749. The molecule has 19 heavy (non-hydrogen) atoms. The maximum absolute atomic E-state index is 11.9. The van der Waals surface area contributed by atoms with Gasteiger partial charge in [0, 0.05) is 0 Å². The number of amides is 2. The zero-order valence-corrected chi connectivity index (χ0v) is 11.2. The van der Waals surface area contributed by atoms with Crippen molar-refractivity contribution in [3.63, 3.8) is 0 Å². The van der Waals surface area contributed by atoms with Crippen LogP contribution in [0.3, 0.4) is 0 Å². The minimum Gasteiger partial charge on any atom is -0.328 e. The third-order valence-electron chi connectivity index (χ3n) is 2.58. The number of hydrogen-bond donors (Lipinski definition) is 2. The Morgan fingerprint density at radius 2 is 2.05 bits per heavy atom. The Bertz CT molecular complexity index is 411. The lowest BCUT2D eigenvalue weighted by Gasteiger charge is -2.29. The second-order valence-corrected chi connectivity index (χ2v) is 5.52. The number of nitrogens with zero attached hydrogens (tertiary/aromatic N) is 1. The topological polar surface area (TPSA) is 53.5 Å². The Hall–Kier alpha value is -1.53. The molecule has 0 atom stereocenters. The molecule has 0 aromatic rings.